The third-order valence-corrected chi connectivity index (χ3v) is 4.94. The van der Waals surface area contributed by atoms with Crippen molar-refractivity contribution in [1.82, 2.24) is 4.98 Å². The summed E-state index contributed by atoms with van der Waals surface area (Å²) in [5, 5.41) is 6.93. The summed E-state index contributed by atoms with van der Waals surface area (Å²) in [6.07, 6.45) is 1.79. The Labute approximate surface area is 186 Å². The first-order chi connectivity index (χ1) is 15.0. The van der Waals surface area contributed by atoms with Gasteiger partial charge >= 0.3 is 0 Å². The molecule has 0 aliphatic rings. The van der Waals surface area contributed by atoms with E-state index in [1.165, 1.54) is 11.3 Å². The van der Waals surface area contributed by atoms with Crippen molar-refractivity contribution in [1.29, 1.82) is 0 Å². The first-order valence-electron chi connectivity index (χ1n) is 9.94. The van der Waals surface area contributed by atoms with Gasteiger partial charge in [-0.05, 0) is 56.7 Å². The van der Waals surface area contributed by atoms with Crippen LogP contribution in [0.4, 0.5) is 5.13 Å². The van der Waals surface area contributed by atoms with Gasteiger partial charge in [0.1, 0.15) is 11.5 Å². The maximum atomic E-state index is 5.79. The minimum absolute atomic E-state index is 0.0730. The zero-order valence-corrected chi connectivity index (χ0v) is 19.2. The van der Waals surface area contributed by atoms with Gasteiger partial charge in [-0.2, -0.15) is 5.10 Å². The summed E-state index contributed by atoms with van der Waals surface area (Å²) in [7, 11) is 3.25. The predicted octanol–water partition coefficient (Wildman–Crippen LogP) is 5.46. The number of methoxy groups -OCH3 is 2. The number of hydrogen-bond acceptors (Lipinski definition) is 8. The molecule has 0 aliphatic heterocycles. The van der Waals surface area contributed by atoms with Gasteiger partial charge in [-0.15, -0.1) is 11.3 Å². The third kappa shape index (κ3) is 5.88. The van der Waals surface area contributed by atoms with Gasteiger partial charge in [0.15, 0.2) is 11.5 Å². The van der Waals surface area contributed by atoms with Gasteiger partial charge in [0, 0.05) is 17.0 Å². The average Bonchev–Trinajstić information content (AvgIpc) is 3.23. The van der Waals surface area contributed by atoms with E-state index in [1.807, 2.05) is 62.5 Å². The molecule has 0 saturated carbocycles. The van der Waals surface area contributed by atoms with Crippen LogP contribution < -0.4 is 24.4 Å². The molecule has 0 saturated heterocycles. The highest BCUT2D eigenvalue weighted by atomic mass is 32.1. The monoisotopic (exact) mass is 441 g/mol. The molecule has 7 nitrogen and oxygen atoms in total. The van der Waals surface area contributed by atoms with Crippen LogP contribution in [-0.2, 0) is 0 Å². The topological polar surface area (TPSA) is 74.2 Å². The molecule has 0 spiro atoms. The molecule has 2 aromatic carbocycles. The lowest BCUT2D eigenvalue weighted by Gasteiger charge is -2.14. The summed E-state index contributed by atoms with van der Waals surface area (Å²) in [4.78, 5) is 4.60. The highest BCUT2D eigenvalue weighted by Gasteiger charge is 2.11. The summed E-state index contributed by atoms with van der Waals surface area (Å²) in [6.45, 7) is 6.47. The molecule has 0 aliphatic carbocycles. The molecule has 164 valence electrons. The van der Waals surface area contributed by atoms with Crippen molar-refractivity contribution in [3.63, 3.8) is 0 Å². The predicted molar refractivity (Wildman–Crippen MR) is 125 cm³/mol. The number of benzene rings is 2. The zero-order chi connectivity index (χ0) is 22.2. The maximum Gasteiger partial charge on any atom is 0.203 e. The Morgan fingerprint density at radius 3 is 2.61 bits per heavy atom. The number of rotatable bonds is 10. The fourth-order valence-corrected chi connectivity index (χ4v) is 3.50. The van der Waals surface area contributed by atoms with E-state index in [4.69, 9.17) is 18.9 Å². The smallest absolute Gasteiger partial charge is 0.203 e. The molecule has 0 fully saturated rings. The fraction of sp³-hybridized carbons (Fsp3) is 0.304. The quantitative estimate of drug-likeness (QED) is 0.333. The Hall–Kier alpha value is -3.26. The van der Waals surface area contributed by atoms with Gasteiger partial charge in [0.25, 0.3) is 0 Å². The SMILES string of the molecule is CCOc1cc(/C=N\Nc2nc(-c3ccc(OC)cc3OC)cs2)ccc1OC(C)C. The Bertz CT molecular complexity index is 1030. The Morgan fingerprint density at radius 1 is 1.06 bits per heavy atom. The number of hydrazone groups is 1. The van der Waals surface area contributed by atoms with Crippen LogP contribution in [0.5, 0.6) is 23.0 Å². The highest BCUT2D eigenvalue weighted by molar-refractivity contribution is 7.14. The largest absolute Gasteiger partial charge is 0.497 e. The molecule has 0 amide bonds. The van der Waals surface area contributed by atoms with E-state index in [1.54, 1.807) is 20.4 Å². The zero-order valence-electron chi connectivity index (χ0n) is 18.3. The second kappa shape index (κ2) is 10.7. The summed E-state index contributed by atoms with van der Waals surface area (Å²) in [5.74, 6) is 2.85. The third-order valence-electron chi connectivity index (χ3n) is 4.19. The van der Waals surface area contributed by atoms with Crippen LogP contribution in [0.25, 0.3) is 11.3 Å². The second-order valence-corrected chi connectivity index (χ2v) is 7.64. The summed E-state index contributed by atoms with van der Waals surface area (Å²) >= 11 is 1.46. The molecular weight excluding hydrogens is 414 g/mol. The van der Waals surface area contributed by atoms with Crippen LogP contribution >= 0.6 is 11.3 Å². The normalized spacial score (nSPS) is 11.0. The Balaban J connectivity index is 1.71. The molecule has 0 radical (unpaired) electrons. The van der Waals surface area contributed by atoms with E-state index in [-0.39, 0.29) is 6.10 Å². The van der Waals surface area contributed by atoms with E-state index in [9.17, 15) is 0 Å². The lowest BCUT2D eigenvalue weighted by molar-refractivity contribution is 0.224. The first-order valence-corrected chi connectivity index (χ1v) is 10.8. The molecule has 0 bridgehead atoms. The van der Waals surface area contributed by atoms with Crippen LogP contribution in [0.2, 0.25) is 0 Å². The van der Waals surface area contributed by atoms with Crippen molar-refractivity contribution < 1.29 is 18.9 Å². The van der Waals surface area contributed by atoms with Gasteiger partial charge in [0.2, 0.25) is 5.13 Å². The highest BCUT2D eigenvalue weighted by Crippen LogP contribution is 2.35. The Morgan fingerprint density at radius 2 is 1.90 bits per heavy atom. The number of aromatic nitrogens is 1. The van der Waals surface area contributed by atoms with Crippen molar-refractivity contribution in [2.24, 2.45) is 5.10 Å². The number of nitrogens with zero attached hydrogens (tertiary/aromatic N) is 2. The lowest BCUT2D eigenvalue weighted by Crippen LogP contribution is -2.07. The second-order valence-electron chi connectivity index (χ2n) is 6.78. The maximum absolute atomic E-state index is 5.79. The van der Waals surface area contributed by atoms with Gasteiger partial charge in [0.05, 0.1) is 38.8 Å². The van der Waals surface area contributed by atoms with Crippen LogP contribution in [0.3, 0.4) is 0 Å². The lowest BCUT2D eigenvalue weighted by atomic mass is 10.1. The van der Waals surface area contributed by atoms with Crippen LogP contribution in [0, 0.1) is 0 Å². The van der Waals surface area contributed by atoms with Crippen molar-refractivity contribution in [2.75, 3.05) is 26.3 Å². The number of thiazole rings is 1. The molecule has 0 atom stereocenters. The molecule has 1 heterocycles. The molecule has 8 heteroatoms. The van der Waals surface area contributed by atoms with Gasteiger partial charge in [-0.3, -0.25) is 5.43 Å². The number of nitrogens with one attached hydrogen (secondary N) is 1. The van der Waals surface area contributed by atoms with Crippen molar-refractivity contribution >= 4 is 22.7 Å². The van der Waals surface area contributed by atoms with E-state index in [0.717, 1.165) is 28.3 Å². The molecule has 1 aromatic heterocycles. The minimum Gasteiger partial charge on any atom is -0.497 e. The molecule has 0 unspecified atom stereocenters. The van der Waals surface area contributed by atoms with E-state index in [2.05, 4.69) is 15.5 Å². The van der Waals surface area contributed by atoms with Crippen molar-refractivity contribution in [3.8, 4) is 34.3 Å². The molecule has 1 N–H and O–H groups in total. The van der Waals surface area contributed by atoms with Crippen molar-refractivity contribution in [2.45, 2.75) is 26.9 Å². The molecular formula is C23H27N3O4S. The standard InChI is InChI=1S/C23H27N3O4S/c1-6-29-22-11-16(7-10-20(22)30-15(2)3)13-24-26-23-25-19(14-31-23)18-9-8-17(27-4)12-21(18)28-5/h7-15H,6H2,1-5H3,(H,25,26)/b24-13-. The number of anilines is 1. The van der Waals surface area contributed by atoms with Crippen LogP contribution in [0.15, 0.2) is 46.9 Å². The first kappa shape index (κ1) is 22.4. The molecule has 3 aromatic rings. The number of ether oxygens (including phenoxy) is 4. The van der Waals surface area contributed by atoms with E-state index >= 15 is 0 Å². The van der Waals surface area contributed by atoms with Crippen LogP contribution in [-0.4, -0.2) is 38.1 Å². The minimum atomic E-state index is 0.0730. The van der Waals surface area contributed by atoms with Crippen molar-refractivity contribution in [3.05, 3.63) is 47.3 Å². The van der Waals surface area contributed by atoms with Gasteiger partial charge in [-0.25, -0.2) is 4.98 Å². The summed E-state index contributed by atoms with van der Waals surface area (Å²) < 4.78 is 22.2. The summed E-state index contributed by atoms with van der Waals surface area (Å²) in [6, 6.07) is 11.4. The van der Waals surface area contributed by atoms with Gasteiger partial charge in [-0.1, -0.05) is 0 Å². The fourth-order valence-electron chi connectivity index (χ4n) is 2.85. The number of hydrogen-bond donors (Lipinski definition) is 1. The molecule has 3 rings (SSSR count). The average molecular weight is 442 g/mol. The summed E-state index contributed by atoms with van der Waals surface area (Å²) in [5.41, 5.74) is 5.56. The van der Waals surface area contributed by atoms with Crippen LogP contribution in [0.1, 0.15) is 26.3 Å². The Kier molecular flexibility index (Phi) is 7.72. The van der Waals surface area contributed by atoms with Gasteiger partial charge < -0.3 is 18.9 Å². The van der Waals surface area contributed by atoms with E-state index in [0.29, 0.717) is 23.2 Å². The molecule has 31 heavy (non-hydrogen) atoms. The van der Waals surface area contributed by atoms with E-state index < -0.39 is 0 Å².